The molecule has 8 rings (SSSR count). The second-order valence-corrected chi connectivity index (χ2v) is 13.8. The van der Waals surface area contributed by atoms with Gasteiger partial charge in [0.25, 0.3) is 0 Å². The summed E-state index contributed by atoms with van der Waals surface area (Å²) < 4.78 is 43.9. The Morgan fingerprint density at radius 2 is 1.37 bits per heavy atom. The Labute approximate surface area is 306 Å². The van der Waals surface area contributed by atoms with Crippen LogP contribution in [0.4, 0.5) is 0 Å². The van der Waals surface area contributed by atoms with Crippen LogP contribution in [0.3, 0.4) is 0 Å². The van der Waals surface area contributed by atoms with Crippen molar-refractivity contribution in [1.29, 1.82) is 0 Å². The second kappa shape index (κ2) is 12.9. The lowest BCUT2D eigenvalue weighted by molar-refractivity contribution is 0.477. The molecule has 0 amide bonds. The molecule has 51 heavy (non-hydrogen) atoms. The highest BCUT2D eigenvalue weighted by atomic mass is 16.3. The van der Waals surface area contributed by atoms with Crippen molar-refractivity contribution in [1.82, 2.24) is 14.5 Å². The van der Waals surface area contributed by atoms with E-state index < -0.39 is 6.04 Å². The van der Waals surface area contributed by atoms with E-state index in [1.54, 1.807) is 30.5 Å². The summed E-state index contributed by atoms with van der Waals surface area (Å²) in [4.78, 5) is 10.1. The number of phenols is 1. The predicted molar refractivity (Wildman–Crippen MR) is 211 cm³/mol. The molecule has 4 heteroatoms. The summed E-state index contributed by atoms with van der Waals surface area (Å²) in [6.07, 6.45) is 1.61. The number of fused-ring (bicyclic) bond motifs is 1. The van der Waals surface area contributed by atoms with E-state index in [1.165, 1.54) is 0 Å². The number of hydrogen-bond acceptors (Lipinski definition) is 3. The van der Waals surface area contributed by atoms with Crippen molar-refractivity contribution >= 4 is 11.0 Å². The van der Waals surface area contributed by atoms with E-state index in [1.807, 2.05) is 36.4 Å². The van der Waals surface area contributed by atoms with Crippen LogP contribution in [-0.4, -0.2) is 19.6 Å². The Kier molecular flexibility index (Phi) is 6.72. The van der Waals surface area contributed by atoms with Crippen LogP contribution in [0, 0.1) is 6.92 Å². The lowest BCUT2D eigenvalue weighted by Crippen LogP contribution is -2.11. The first kappa shape index (κ1) is 26.6. The van der Waals surface area contributed by atoms with Crippen LogP contribution in [0.25, 0.3) is 72.7 Å². The Hall–Kier alpha value is -6.26. The number of aryl methyl sites for hydroxylation is 1. The van der Waals surface area contributed by atoms with E-state index in [9.17, 15) is 5.11 Å². The molecule has 0 saturated carbocycles. The first-order chi connectivity index (χ1) is 26.8. The predicted octanol–water partition coefficient (Wildman–Crippen LogP) is 12.1. The molecular weight excluding hydrogens is 623 g/mol. The molecule has 0 aliphatic heterocycles. The Morgan fingerprint density at radius 1 is 0.627 bits per heavy atom. The van der Waals surface area contributed by atoms with Gasteiger partial charge in [-0.05, 0) is 94.8 Å². The average Bonchev–Trinajstić information content (AvgIpc) is 3.59. The van der Waals surface area contributed by atoms with Gasteiger partial charge in [0.15, 0.2) is 0 Å². The first-order valence-electron chi connectivity index (χ1n) is 19.5. The van der Waals surface area contributed by atoms with Crippen LogP contribution in [0.1, 0.15) is 38.8 Å². The van der Waals surface area contributed by atoms with Gasteiger partial charge in [-0.25, -0.2) is 4.98 Å². The quantitative estimate of drug-likeness (QED) is 0.192. The van der Waals surface area contributed by atoms with E-state index in [0.717, 1.165) is 55.7 Å². The van der Waals surface area contributed by atoms with Crippen molar-refractivity contribution in [2.24, 2.45) is 0 Å². The molecule has 0 bridgehead atoms. The van der Waals surface area contributed by atoms with E-state index in [-0.39, 0.29) is 40.9 Å². The normalized spacial score (nSPS) is 13.0. The molecule has 0 unspecified atom stereocenters. The second-order valence-electron chi connectivity index (χ2n) is 13.8. The largest absolute Gasteiger partial charge is 0.507 e. The molecule has 0 aliphatic rings. The number of nitrogens with zero attached hydrogens (tertiary/aromatic N) is 3. The maximum atomic E-state index is 11.2. The van der Waals surface area contributed by atoms with E-state index in [0.29, 0.717) is 22.6 Å². The molecule has 6 aromatic carbocycles. The lowest BCUT2D eigenvalue weighted by atomic mass is 9.83. The summed E-state index contributed by atoms with van der Waals surface area (Å²) in [7, 11) is 0. The van der Waals surface area contributed by atoms with Crippen molar-refractivity contribution in [3.63, 3.8) is 0 Å². The maximum Gasteiger partial charge on any atom is 0.149 e. The minimum absolute atomic E-state index is 0.126. The van der Waals surface area contributed by atoms with Crippen LogP contribution in [0.2, 0.25) is 0 Å². The molecule has 0 radical (unpaired) electrons. The number of para-hydroxylation sites is 2. The number of phenolic OH excluding ortho intramolecular Hbond substituents is 1. The third-order valence-electron chi connectivity index (χ3n) is 9.26. The number of hydrogen-bond donors (Lipinski definition) is 1. The molecular formula is C47H39N3O. The summed E-state index contributed by atoms with van der Waals surface area (Å²) in [5.41, 5.74) is 11.0. The summed E-state index contributed by atoms with van der Waals surface area (Å²) >= 11 is 0. The topological polar surface area (TPSA) is 50.9 Å². The van der Waals surface area contributed by atoms with Crippen LogP contribution < -0.4 is 0 Å². The number of aromatic nitrogens is 3. The minimum atomic E-state index is -0.429. The Balaban J connectivity index is 1.38. The van der Waals surface area contributed by atoms with Gasteiger partial charge in [-0.1, -0.05) is 123 Å². The van der Waals surface area contributed by atoms with Crippen LogP contribution in [-0.2, 0) is 5.41 Å². The first-order valence-corrected chi connectivity index (χ1v) is 17.0. The van der Waals surface area contributed by atoms with Crippen LogP contribution >= 0.6 is 0 Å². The van der Waals surface area contributed by atoms with Gasteiger partial charge in [-0.3, -0.25) is 9.55 Å². The number of benzene rings is 6. The Morgan fingerprint density at radius 3 is 2.16 bits per heavy atom. The zero-order valence-corrected chi connectivity index (χ0v) is 28.9. The van der Waals surface area contributed by atoms with Gasteiger partial charge in [0.05, 0.1) is 34.8 Å². The summed E-state index contributed by atoms with van der Waals surface area (Å²) in [5, 5.41) is 11.2. The fourth-order valence-corrected chi connectivity index (χ4v) is 6.62. The van der Waals surface area contributed by atoms with Crippen molar-refractivity contribution in [3.05, 3.63) is 169 Å². The monoisotopic (exact) mass is 666 g/mol. The Bertz CT molecular complexity index is 2790. The van der Waals surface area contributed by atoms with Gasteiger partial charge >= 0.3 is 0 Å². The molecule has 0 atom stereocenters. The summed E-state index contributed by atoms with van der Waals surface area (Å²) in [5.74, 6) is 0.729. The van der Waals surface area contributed by atoms with Crippen LogP contribution in [0.15, 0.2) is 158 Å². The van der Waals surface area contributed by atoms with Crippen molar-refractivity contribution in [3.8, 4) is 67.5 Å². The molecule has 0 spiro atoms. The number of rotatable bonds is 6. The maximum absolute atomic E-state index is 11.2. The summed E-state index contributed by atoms with van der Waals surface area (Å²) in [6, 6.07) is 38.2. The fraction of sp³-hybridized carbons (Fsp3) is 0.106. The average molecular weight is 667 g/mol. The van der Waals surface area contributed by atoms with Crippen molar-refractivity contribution in [2.75, 3.05) is 0 Å². The van der Waals surface area contributed by atoms with Crippen molar-refractivity contribution < 1.29 is 12.0 Å². The molecule has 8 aromatic rings. The standard InChI is InChI=1S/C47H39N3O/c1-31-22-23-42(40(26-31)33-16-9-6-10-17-33)50-43-20-13-19-38(45(43)49-46(50)39-18-11-12-21-44(39)51)35-27-36(29-37(28-35)47(2,3)4)41-30-34(24-25-48-41)32-14-7-5-8-15-32/h5-30,51H,1-4H3/i5D,7D,8D,14D,15D. The molecule has 2 aromatic heterocycles. The van der Waals surface area contributed by atoms with Gasteiger partial charge in [0.2, 0.25) is 0 Å². The van der Waals surface area contributed by atoms with Gasteiger partial charge in [-0.15, -0.1) is 0 Å². The number of pyridine rings is 1. The lowest BCUT2D eigenvalue weighted by Gasteiger charge is -2.22. The summed E-state index contributed by atoms with van der Waals surface area (Å²) in [6.45, 7) is 8.54. The highest BCUT2D eigenvalue weighted by Gasteiger charge is 2.23. The van der Waals surface area contributed by atoms with E-state index in [2.05, 4.69) is 92.9 Å². The smallest absolute Gasteiger partial charge is 0.149 e. The molecule has 0 aliphatic carbocycles. The van der Waals surface area contributed by atoms with Gasteiger partial charge < -0.3 is 5.11 Å². The minimum Gasteiger partial charge on any atom is -0.507 e. The van der Waals surface area contributed by atoms with Gasteiger partial charge in [0, 0.05) is 22.9 Å². The number of imidazole rings is 1. The molecule has 2 heterocycles. The molecule has 248 valence electrons. The molecule has 0 fully saturated rings. The number of aromatic hydroxyl groups is 1. The van der Waals surface area contributed by atoms with Crippen LogP contribution in [0.5, 0.6) is 5.75 Å². The third-order valence-corrected chi connectivity index (χ3v) is 9.26. The zero-order chi connectivity index (χ0) is 39.5. The SMILES string of the molecule is [2H]c1c([2H])c([2H])c(-c2ccnc(-c3cc(-c4cccc5c4nc(-c4ccccc4O)n5-c4ccc(C)cc4-c4ccccc4)cc(C(C)(C)C)c3)c2)c([2H])c1[2H]. The van der Waals surface area contributed by atoms with Crippen molar-refractivity contribution in [2.45, 2.75) is 33.1 Å². The molecule has 4 nitrogen and oxygen atoms in total. The fourth-order valence-electron chi connectivity index (χ4n) is 6.62. The highest BCUT2D eigenvalue weighted by molar-refractivity contribution is 5.97. The molecule has 1 N–H and O–H groups in total. The highest BCUT2D eigenvalue weighted by Crippen LogP contribution is 2.41. The van der Waals surface area contributed by atoms with E-state index >= 15 is 0 Å². The van der Waals surface area contributed by atoms with Gasteiger partial charge in [0.1, 0.15) is 11.6 Å². The zero-order valence-electron chi connectivity index (χ0n) is 33.9. The third kappa shape index (κ3) is 6.10. The molecule has 0 saturated heterocycles. The van der Waals surface area contributed by atoms with E-state index in [4.69, 9.17) is 16.8 Å². The van der Waals surface area contributed by atoms with Gasteiger partial charge in [-0.2, -0.15) is 0 Å².